The van der Waals surface area contributed by atoms with Crippen molar-refractivity contribution >= 4 is 15.9 Å². The molecule has 1 unspecified atom stereocenters. The fourth-order valence-electron chi connectivity index (χ4n) is 2.33. The van der Waals surface area contributed by atoms with Crippen molar-refractivity contribution < 1.29 is 13.2 Å². The van der Waals surface area contributed by atoms with E-state index in [0.29, 0.717) is 13.0 Å². The van der Waals surface area contributed by atoms with Crippen LogP contribution in [0.1, 0.15) is 39.5 Å². The van der Waals surface area contributed by atoms with E-state index in [1.54, 1.807) is 0 Å². The second-order valence-electron chi connectivity index (χ2n) is 5.29. The Balaban J connectivity index is 2.52. The van der Waals surface area contributed by atoms with Crippen LogP contribution in [0, 0.1) is 5.92 Å². The van der Waals surface area contributed by atoms with E-state index in [0.717, 1.165) is 32.1 Å². The summed E-state index contributed by atoms with van der Waals surface area (Å²) in [7, 11) is -3.13. The maximum absolute atomic E-state index is 12.1. The molecule has 0 saturated carbocycles. The van der Waals surface area contributed by atoms with Gasteiger partial charge in [-0.1, -0.05) is 13.8 Å². The van der Waals surface area contributed by atoms with Crippen molar-refractivity contribution in [3.05, 3.63) is 0 Å². The van der Waals surface area contributed by atoms with E-state index in [4.69, 9.17) is 0 Å². The molecule has 1 N–H and O–H groups in total. The summed E-state index contributed by atoms with van der Waals surface area (Å²) in [4.78, 5) is 14.0. The lowest BCUT2D eigenvalue weighted by Gasteiger charge is -2.37. The number of nitrogens with one attached hydrogen (secondary N) is 1. The van der Waals surface area contributed by atoms with Gasteiger partial charge in [0.15, 0.2) is 0 Å². The molecule has 18 heavy (non-hydrogen) atoms. The number of amides is 1. The van der Waals surface area contributed by atoms with Gasteiger partial charge < -0.3 is 4.90 Å². The fraction of sp³-hybridized carbons (Fsp3) is 0.917. The molecule has 0 spiro atoms. The lowest BCUT2D eigenvalue weighted by molar-refractivity contribution is -0.138. The third kappa shape index (κ3) is 4.94. The molecule has 1 atom stereocenters. The minimum atomic E-state index is -3.13. The Hall–Kier alpha value is -0.620. The zero-order chi connectivity index (χ0) is 13.8. The SMILES string of the molecule is CC(C)C(=O)N1CCCCC1CCNS(C)(=O)=O. The predicted molar refractivity (Wildman–Crippen MR) is 71.7 cm³/mol. The van der Waals surface area contributed by atoms with Crippen molar-refractivity contribution in [1.82, 2.24) is 9.62 Å². The van der Waals surface area contributed by atoms with Crippen LogP contribution in [-0.2, 0) is 14.8 Å². The lowest BCUT2D eigenvalue weighted by Crippen LogP contribution is -2.46. The van der Waals surface area contributed by atoms with Crippen LogP contribution in [0.3, 0.4) is 0 Å². The van der Waals surface area contributed by atoms with Crippen molar-refractivity contribution in [2.75, 3.05) is 19.3 Å². The fourth-order valence-corrected chi connectivity index (χ4v) is 2.82. The smallest absolute Gasteiger partial charge is 0.225 e. The Kier molecular flexibility index (Phi) is 5.59. The third-order valence-electron chi connectivity index (χ3n) is 3.25. The summed E-state index contributed by atoms with van der Waals surface area (Å²) in [6.07, 6.45) is 5.00. The number of hydrogen-bond donors (Lipinski definition) is 1. The highest BCUT2D eigenvalue weighted by Crippen LogP contribution is 2.21. The number of carbonyl (C=O) groups excluding carboxylic acids is 1. The normalized spacial score (nSPS) is 21.3. The average molecular weight is 276 g/mol. The van der Waals surface area contributed by atoms with Gasteiger partial charge in [0.1, 0.15) is 0 Å². The second-order valence-corrected chi connectivity index (χ2v) is 7.12. The number of rotatable bonds is 5. The molecule has 1 amide bonds. The van der Waals surface area contributed by atoms with E-state index in [9.17, 15) is 13.2 Å². The summed E-state index contributed by atoms with van der Waals surface area (Å²) < 4.78 is 24.5. The highest BCUT2D eigenvalue weighted by Gasteiger charge is 2.27. The summed E-state index contributed by atoms with van der Waals surface area (Å²) in [5.74, 6) is 0.188. The van der Waals surface area contributed by atoms with Crippen molar-refractivity contribution in [2.45, 2.75) is 45.6 Å². The number of hydrogen-bond acceptors (Lipinski definition) is 3. The molecule has 1 heterocycles. The molecular formula is C12H24N2O3S. The maximum Gasteiger partial charge on any atom is 0.225 e. The molecule has 0 aromatic heterocycles. The molecule has 5 nitrogen and oxygen atoms in total. The molecule has 1 rings (SSSR count). The Bertz CT molecular complexity index is 379. The van der Waals surface area contributed by atoms with Gasteiger partial charge in [-0.15, -0.1) is 0 Å². The number of sulfonamides is 1. The average Bonchev–Trinajstić information content (AvgIpc) is 2.27. The molecule has 0 bridgehead atoms. The molecule has 6 heteroatoms. The van der Waals surface area contributed by atoms with E-state index in [-0.39, 0.29) is 17.9 Å². The first-order valence-corrected chi connectivity index (χ1v) is 8.45. The van der Waals surface area contributed by atoms with Crippen LogP contribution in [-0.4, -0.2) is 44.6 Å². The first-order chi connectivity index (χ1) is 8.31. The minimum absolute atomic E-state index is 0.00784. The van der Waals surface area contributed by atoms with Gasteiger partial charge in [0.25, 0.3) is 0 Å². The molecule has 1 aliphatic rings. The minimum Gasteiger partial charge on any atom is -0.339 e. The molecule has 0 aliphatic carbocycles. The molecule has 106 valence electrons. The molecule has 1 aliphatic heterocycles. The highest BCUT2D eigenvalue weighted by atomic mass is 32.2. The zero-order valence-electron chi connectivity index (χ0n) is 11.5. The van der Waals surface area contributed by atoms with Crippen LogP contribution in [0.15, 0.2) is 0 Å². The Morgan fingerprint density at radius 1 is 1.39 bits per heavy atom. The first kappa shape index (κ1) is 15.4. The van der Waals surface area contributed by atoms with E-state index >= 15 is 0 Å². The van der Waals surface area contributed by atoms with Crippen molar-refractivity contribution in [3.8, 4) is 0 Å². The lowest BCUT2D eigenvalue weighted by atomic mass is 9.97. The highest BCUT2D eigenvalue weighted by molar-refractivity contribution is 7.88. The molecule has 0 aromatic rings. The van der Waals surface area contributed by atoms with Gasteiger partial charge in [0.2, 0.25) is 15.9 Å². The van der Waals surface area contributed by atoms with Gasteiger partial charge in [0, 0.05) is 25.0 Å². The summed E-state index contributed by atoms with van der Waals surface area (Å²) in [5.41, 5.74) is 0. The Morgan fingerprint density at radius 2 is 2.06 bits per heavy atom. The van der Waals surface area contributed by atoms with Crippen molar-refractivity contribution in [2.24, 2.45) is 5.92 Å². The quantitative estimate of drug-likeness (QED) is 0.813. The first-order valence-electron chi connectivity index (χ1n) is 6.56. The largest absolute Gasteiger partial charge is 0.339 e. The van der Waals surface area contributed by atoms with Gasteiger partial charge in [-0.25, -0.2) is 13.1 Å². The summed E-state index contributed by atoms with van der Waals surface area (Å²) >= 11 is 0. The predicted octanol–water partition coefficient (Wildman–Crippen LogP) is 0.963. The summed E-state index contributed by atoms with van der Waals surface area (Å²) in [5, 5.41) is 0. The molecule has 1 fully saturated rings. The summed E-state index contributed by atoms with van der Waals surface area (Å²) in [6.45, 7) is 5.03. The van der Waals surface area contributed by atoms with E-state index in [2.05, 4.69) is 4.72 Å². The van der Waals surface area contributed by atoms with Gasteiger partial charge in [-0.2, -0.15) is 0 Å². The zero-order valence-corrected chi connectivity index (χ0v) is 12.3. The van der Waals surface area contributed by atoms with E-state index in [1.807, 2.05) is 18.7 Å². The van der Waals surface area contributed by atoms with Gasteiger partial charge >= 0.3 is 0 Å². The van der Waals surface area contributed by atoms with Crippen molar-refractivity contribution in [1.29, 1.82) is 0 Å². The van der Waals surface area contributed by atoms with Gasteiger partial charge in [-0.05, 0) is 25.7 Å². The monoisotopic (exact) mass is 276 g/mol. The van der Waals surface area contributed by atoms with Crippen LogP contribution in [0.5, 0.6) is 0 Å². The number of carbonyl (C=O) groups is 1. The number of nitrogens with zero attached hydrogens (tertiary/aromatic N) is 1. The van der Waals surface area contributed by atoms with Crippen molar-refractivity contribution in [3.63, 3.8) is 0 Å². The maximum atomic E-state index is 12.1. The standard InChI is InChI=1S/C12H24N2O3S/c1-10(2)12(15)14-9-5-4-6-11(14)7-8-13-18(3,16)17/h10-11,13H,4-9H2,1-3H3. The van der Waals surface area contributed by atoms with Gasteiger partial charge in [-0.3, -0.25) is 4.79 Å². The molecule has 0 aromatic carbocycles. The van der Waals surface area contributed by atoms with Crippen LogP contribution >= 0.6 is 0 Å². The Labute approximate surface area is 110 Å². The van der Waals surface area contributed by atoms with Crippen LogP contribution in [0.25, 0.3) is 0 Å². The molecule has 0 radical (unpaired) electrons. The second kappa shape index (κ2) is 6.52. The molecule has 1 saturated heterocycles. The Morgan fingerprint density at radius 3 is 2.61 bits per heavy atom. The topological polar surface area (TPSA) is 66.5 Å². The van der Waals surface area contributed by atoms with Gasteiger partial charge in [0.05, 0.1) is 6.26 Å². The van der Waals surface area contributed by atoms with E-state index in [1.165, 1.54) is 0 Å². The number of piperidine rings is 1. The molecular weight excluding hydrogens is 252 g/mol. The number of likely N-dealkylation sites (tertiary alicyclic amines) is 1. The van der Waals surface area contributed by atoms with E-state index < -0.39 is 10.0 Å². The van der Waals surface area contributed by atoms with Crippen LogP contribution < -0.4 is 4.72 Å². The third-order valence-corrected chi connectivity index (χ3v) is 3.97. The van der Waals surface area contributed by atoms with Crippen LogP contribution in [0.4, 0.5) is 0 Å². The summed E-state index contributed by atoms with van der Waals surface area (Å²) in [6, 6.07) is 0.183. The van der Waals surface area contributed by atoms with Crippen LogP contribution in [0.2, 0.25) is 0 Å².